The van der Waals surface area contributed by atoms with E-state index in [0.29, 0.717) is 13.2 Å². The number of pyridine rings is 1. The van der Waals surface area contributed by atoms with Gasteiger partial charge in [0.15, 0.2) is 0 Å². The molecule has 1 fully saturated rings. The number of carbonyl (C=O) groups is 1. The molecule has 1 aromatic rings. The highest BCUT2D eigenvalue weighted by Gasteiger charge is 2.45. The van der Waals surface area contributed by atoms with Crippen LogP contribution in [0.1, 0.15) is 5.56 Å². The Morgan fingerprint density at radius 2 is 2.08 bits per heavy atom. The number of rotatable bonds is 2. The molecule has 0 saturated carbocycles. The summed E-state index contributed by atoms with van der Waals surface area (Å²) >= 11 is 0. The van der Waals surface area contributed by atoms with Gasteiger partial charge < -0.3 is 10.5 Å². The molecule has 0 aromatic carbocycles. The molecule has 2 heterocycles. The molecule has 1 aliphatic heterocycles. The Bertz CT molecular complexity index is 320. The molecule has 13 heavy (non-hydrogen) atoms. The summed E-state index contributed by atoms with van der Waals surface area (Å²) in [6.07, 6.45) is 3.30. The Morgan fingerprint density at radius 3 is 2.46 bits per heavy atom. The van der Waals surface area contributed by atoms with E-state index in [-0.39, 0.29) is 5.91 Å². The molecule has 0 aliphatic carbocycles. The molecule has 0 unspecified atom stereocenters. The number of carbonyl (C=O) groups excluding carboxylic acids is 1. The van der Waals surface area contributed by atoms with Crippen LogP contribution in [0, 0.1) is 0 Å². The highest BCUT2D eigenvalue weighted by atomic mass is 16.5. The molecule has 1 aliphatic rings. The van der Waals surface area contributed by atoms with E-state index in [1.165, 1.54) is 0 Å². The smallest absolute Gasteiger partial charge is 0.232 e. The quantitative estimate of drug-likeness (QED) is 0.684. The number of amides is 1. The van der Waals surface area contributed by atoms with Gasteiger partial charge >= 0.3 is 0 Å². The Hall–Kier alpha value is -1.42. The molecule has 0 atom stereocenters. The highest BCUT2D eigenvalue weighted by Crippen LogP contribution is 2.31. The molecule has 0 bridgehead atoms. The fraction of sp³-hybridized carbons (Fsp3) is 0.333. The number of ether oxygens (including phenoxy) is 1. The van der Waals surface area contributed by atoms with Gasteiger partial charge in [0, 0.05) is 12.4 Å². The van der Waals surface area contributed by atoms with Gasteiger partial charge in [-0.3, -0.25) is 9.78 Å². The van der Waals surface area contributed by atoms with E-state index >= 15 is 0 Å². The first-order valence-electron chi connectivity index (χ1n) is 4.04. The zero-order valence-electron chi connectivity index (χ0n) is 7.06. The number of primary amides is 1. The fourth-order valence-corrected chi connectivity index (χ4v) is 1.43. The third-order valence-corrected chi connectivity index (χ3v) is 2.40. The van der Waals surface area contributed by atoms with Crippen molar-refractivity contribution in [1.29, 1.82) is 0 Å². The number of hydrogen-bond acceptors (Lipinski definition) is 3. The third kappa shape index (κ3) is 1.10. The van der Waals surface area contributed by atoms with Crippen molar-refractivity contribution in [1.82, 2.24) is 4.98 Å². The number of hydrogen-bond donors (Lipinski definition) is 1. The average molecular weight is 178 g/mol. The van der Waals surface area contributed by atoms with E-state index in [4.69, 9.17) is 10.5 Å². The summed E-state index contributed by atoms with van der Waals surface area (Å²) in [5.41, 5.74) is 5.61. The first kappa shape index (κ1) is 8.19. The van der Waals surface area contributed by atoms with Crippen LogP contribution in [-0.2, 0) is 14.9 Å². The summed E-state index contributed by atoms with van der Waals surface area (Å²) in [7, 11) is 0. The predicted molar refractivity (Wildman–Crippen MR) is 45.9 cm³/mol. The average Bonchev–Trinajstić information content (AvgIpc) is 2.03. The Morgan fingerprint density at radius 1 is 1.46 bits per heavy atom. The lowest BCUT2D eigenvalue weighted by Crippen LogP contribution is -2.56. The van der Waals surface area contributed by atoms with Crippen LogP contribution in [0.5, 0.6) is 0 Å². The SMILES string of the molecule is NC(=O)C1(c2ccncc2)COC1. The minimum absolute atomic E-state index is 0.329. The second-order valence-electron chi connectivity index (χ2n) is 3.18. The summed E-state index contributed by atoms with van der Waals surface area (Å²) in [6, 6.07) is 3.60. The monoisotopic (exact) mass is 178 g/mol. The van der Waals surface area contributed by atoms with Crippen molar-refractivity contribution in [2.24, 2.45) is 5.73 Å². The fourth-order valence-electron chi connectivity index (χ4n) is 1.43. The Balaban J connectivity index is 2.38. The minimum Gasteiger partial charge on any atom is -0.378 e. The van der Waals surface area contributed by atoms with Gasteiger partial charge in [0.1, 0.15) is 5.41 Å². The van der Waals surface area contributed by atoms with Crippen LogP contribution < -0.4 is 5.73 Å². The standard InChI is InChI=1S/C9H10N2O2/c10-8(12)9(5-13-6-9)7-1-3-11-4-2-7/h1-4H,5-6H2,(H2,10,12). The van der Waals surface area contributed by atoms with E-state index in [1.807, 2.05) is 0 Å². The Labute approximate surface area is 75.7 Å². The molecule has 4 heteroatoms. The summed E-state index contributed by atoms with van der Waals surface area (Å²) in [6.45, 7) is 0.763. The molecule has 2 rings (SSSR count). The van der Waals surface area contributed by atoms with Crippen molar-refractivity contribution in [2.45, 2.75) is 5.41 Å². The van der Waals surface area contributed by atoms with E-state index in [9.17, 15) is 4.79 Å². The van der Waals surface area contributed by atoms with E-state index in [0.717, 1.165) is 5.56 Å². The molecule has 1 aromatic heterocycles. The van der Waals surface area contributed by atoms with Gasteiger partial charge in [0.2, 0.25) is 5.91 Å². The van der Waals surface area contributed by atoms with Crippen LogP contribution in [0.2, 0.25) is 0 Å². The minimum atomic E-state index is -0.608. The first-order valence-corrected chi connectivity index (χ1v) is 4.04. The lowest BCUT2D eigenvalue weighted by atomic mass is 9.78. The van der Waals surface area contributed by atoms with Crippen molar-refractivity contribution < 1.29 is 9.53 Å². The van der Waals surface area contributed by atoms with E-state index < -0.39 is 5.41 Å². The van der Waals surface area contributed by atoms with Crippen molar-refractivity contribution in [3.05, 3.63) is 30.1 Å². The van der Waals surface area contributed by atoms with Gasteiger partial charge in [-0.1, -0.05) is 0 Å². The second kappa shape index (κ2) is 2.81. The van der Waals surface area contributed by atoms with E-state index in [2.05, 4.69) is 4.98 Å². The van der Waals surface area contributed by atoms with Crippen LogP contribution in [0.3, 0.4) is 0 Å². The number of nitrogens with two attached hydrogens (primary N) is 1. The first-order chi connectivity index (χ1) is 6.26. The van der Waals surface area contributed by atoms with Crippen LogP contribution in [-0.4, -0.2) is 24.1 Å². The molecule has 1 amide bonds. The van der Waals surface area contributed by atoms with E-state index in [1.54, 1.807) is 24.5 Å². The second-order valence-corrected chi connectivity index (χ2v) is 3.18. The molecule has 0 radical (unpaired) electrons. The van der Waals surface area contributed by atoms with Crippen LogP contribution in [0.25, 0.3) is 0 Å². The zero-order chi connectivity index (χ0) is 9.31. The maximum Gasteiger partial charge on any atom is 0.232 e. The number of aromatic nitrogens is 1. The van der Waals surface area contributed by atoms with Gasteiger partial charge in [0.25, 0.3) is 0 Å². The molecule has 68 valence electrons. The van der Waals surface area contributed by atoms with Gasteiger partial charge in [-0.25, -0.2) is 0 Å². The molecular formula is C9H10N2O2. The zero-order valence-corrected chi connectivity index (χ0v) is 7.06. The molecule has 2 N–H and O–H groups in total. The molecular weight excluding hydrogens is 168 g/mol. The van der Waals surface area contributed by atoms with Gasteiger partial charge in [0.05, 0.1) is 13.2 Å². The topological polar surface area (TPSA) is 65.2 Å². The maximum atomic E-state index is 11.2. The van der Waals surface area contributed by atoms with Gasteiger partial charge in [-0.15, -0.1) is 0 Å². The predicted octanol–water partition coefficient (Wildman–Crippen LogP) is -0.165. The van der Waals surface area contributed by atoms with Crippen molar-refractivity contribution >= 4 is 5.91 Å². The Kier molecular flexibility index (Phi) is 1.77. The van der Waals surface area contributed by atoms with Gasteiger partial charge in [-0.05, 0) is 17.7 Å². The lowest BCUT2D eigenvalue weighted by molar-refractivity contribution is -0.141. The summed E-state index contributed by atoms with van der Waals surface area (Å²) in [5.74, 6) is -0.329. The summed E-state index contributed by atoms with van der Waals surface area (Å²) < 4.78 is 5.03. The summed E-state index contributed by atoms with van der Waals surface area (Å²) in [5, 5.41) is 0. The van der Waals surface area contributed by atoms with Crippen LogP contribution in [0.15, 0.2) is 24.5 Å². The largest absolute Gasteiger partial charge is 0.378 e. The maximum absolute atomic E-state index is 11.2. The summed E-state index contributed by atoms with van der Waals surface area (Å²) in [4.78, 5) is 15.1. The molecule has 1 saturated heterocycles. The third-order valence-electron chi connectivity index (χ3n) is 2.40. The number of nitrogens with zero attached hydrogens (tertiary/aromatic N) is 1. The van der Waals surface area contributed by atoms with Crippen molar-refractivity contribution in [2.75, 3.05) is 13.2 Å². The van der Waals surface area contributed by atoms with Crippen LogP contribution in [0.4, 0.5) is 0 Å². The molecule has 0 spiro atoms. The van der Waals surface area contributed by atoms with Crippen molar-refractivity contribution in [3.8, 4) is 0 Å². The normalized spacial score (nSPS) is 19.1. The van der Waals surface area contributed by atoms with Crippen LogP contribution >= 0.6 is 0 Å². The lowest BCUT2D eigenvalue weighted by Gasteiger charge is -2.38. The highest BCUT2D eigenvalue weighted by molar-refractivity contribution is 5.88. The molecule has 4 nitrogen and oxygen atoms in total. The van der Waals surface area contributed by atoms with Gasteiger partial charge in [-0.2, -0.15) is 0 Å². The van der Waals surface area contributed by atoms with Crippen molar-refractivity contribution in [3.63, 3.8) is 0 Å².